The van der Waals surface area contributed by atoms with Gasteiger partial charge in [-0.1, -0.05) is 6.92 Å². The van der Waals surface area contributed by atoms with Crippen LogP contribution in [0, 0.1) is 0 Å². The zero-order chi connectivity index (χ0) is 17.5. The molecule has 1 unspecified atom stereocenters. The van der Waals surface area contributed by atoms with Crippen molar-refractivity contribution in [2.75, 3.05) is 0 Å². The highest BCUT2D eigenvalue weighted by Crippen LogP contribution is 2.45. The van der Waals surface area contributed by atoms with Crippen molar-refractivity contribution in [3.63, 3.8) is 0 Å². The summed E-state index contributed by atoms with van der Waals surface area (Å²) < 4.78 is 115. The van der Waals surface area contributed by atoms with Crippen molar-refractivity contribution in [3.8, 4) is 0 Å². The molecule has 10 heteroatoms. The number of hydrogen-bond donors (Lipinski definition) is 1. The molecule has 0 fully saturated rings. The fraction of sp³-hybridized carbons (Fsp3) is 0.500. The van der Waals surface area contributed by atoms with Crippen LogP contribution >= 0.6 is 0 Å². The van der Waals surface area contributed by atoms with Gasteiger partial charge in [-0.15, -0.1) is 0 Å². The number of halogens is 9. The van der Waals surface area contributed by atoms with Crippen LogP contribution in [0.3, 0.4) is 0 Å². The fourth-order valence-electron chi connectivity index (χ4n) is 1.85. The summed E-state index contributed by atoms with van der Waals surface area (Å²) in [5.41, 5.74) is -7.98. The van der Waals surface area contributed by atoms with Gasteiger partial charge in [0.2, 0.25) is 0 Å². The number of aliphatic hydroxyl groups excluding tert-OH is 1. The Balaban J connectivity index is 3.86. The van der Waals surface area contributed by atoms with Gasteiger partial charge in [0.05, 0.1) is 22.8 Å². The number of alkyl halides is 9. The summed E-state index contributed by atoms with van der Waals surface area (Å²) in [7, 11) is 0. The number of rotatable bonds is 2. The van der Waals surface area contributed by atoms with Crippen molar-refractivity contribution >= 4 is 0 Å². The van der Waals surface area contributed by atoms with Gasteiger partial charge < -0.3 is 5.11 Å². The van der Waals surface area contributed by atoms with Crippen LogP contribution in [-0.2, 0) is 18.5 Å². The fourth-order valence-corrected chi connectivity index (χ4v) is 1.85. The zero-order valence-corrected chi connectivity index (χ0v) is 10.8. The zero-order valence-electron chi connectivity index (χ0n) is 10.8. The number of benzene rings is 1. The lowest BCUT2D eigenvalue weighted by atomic mass is 9.91. The Labute approximate surface area is 118 Å². The third-order valence-corrected chi connectivity index (χ3v) is 2.84. The second-order valence-corrected chi connectivity index (χ2v) is 4.40. The largest absolute Gasteiger partial charge is 0.416 e. The van der Waals surface area contributed by atoms with E-state index < -0.39 is 65.4 Å². The van der Waals surface area contributed by atoms with E-state index in [1.165, 1.54) is 0 Å². The molecule has 0 aliphatic carbocycles. The minimum atomic E-state index is -5.48. The molecule has 0 aliphatic rings. The van der Waals surface area contributed by atoms with E-state index in [2.05, 4.69) is 0 Å². The van der Waals surface area contributed by atoms with Crippen LogP contribution in [0.2, 0.25) is 0 Å². The molecular weight excluding hydrogens is 331 g/mol. The van der Waals surface area contributed by atoms with Crippen molar-refractivity contribution in [3.05, 3.63) is 34.4 Å². The predicted octanol–water partition coefficient (Wildman–Crippen LogP) is 5.19. The molecule has 1 nitrogen and oxygen atoms in total. The molecule has 0 aromatic heterocycles. The molecule has 1 N–H and O–H groups in total. The predicted molar refractivity (Wildman–Crippen MR) is 56.7 cm³/mol. The molecular formula is C12H9F9O. The number of aliphatic hydroxyl groups is 1. The van der Waals surface area contributed by atoms with E-state index in [0.29, 0.717) is 0 Å². The molecule has 1 aromatic rings. The van der Waals surface area contributed by atoms with Crippen molar-refractivity contribution in [1.82, 2.24) is 0 Å². The summed E-state index contributed by atoms with van der Waals surface area (Å²) >= 11 is 0. The van der Waals surface area contributed by atoms with E-state index in [1.807, 2.05) is 0 Å². The van der Waals surface area contributed by atoms with Crippen molar-refractivity contribution in [1.29, 1.82) is 0 Å². The van der Waals surface area contributed by atoms with Crippen LogP contribution in [0.4, 0.5) is 39.5 Å². The Bertz CT molecular complexity index is 504. The van der Waals surface area contributed by atoms with Gasteiger partial charge in [-0.3, -0.25) is 0 Å². The summed E-state index contributed by atoms with van der Waals surface area (Å²) in [5, 5.41) is 9.43. The second-order valence-electron chi connectivity index (χ2n) is 4.40. The average Bonchev–Trinajstić information content (AvgIpc) is 2.33. The van der Waals surface area contributed by atoms with Gasteiger partial charge in [-0.2, -0.15) is 39.5 Å². The van der Waals surface area contributed by atoms with E-state index in [9.17, 15) is 44.6 Å². The van der Waals surface area contributed by atoms with Crippen LogP contribution in [0.5, 0.6) is 0 Å². The first-order chi connectivity index (χ1) is 9.69. The quantitative estimate of drug-likeness (QED) is 0.735. The van der Waals surface area contributed by atoms with Gasteiger partial charge in [-0.25, -0.2) is 0 Å². The van der Waals surface area contributed by atoms with Crippen molar-refractivity contribution in [2.45, 2.75) is 38.0 Å². The van der Waals surface area contributed by atoms with Crippen LogP contribution in [0.25, 0.3) is 0 Å². The maximum absolute atomic E-state index is 12.8. The van der Waals surface area contributed by atoms with E-state index in [4.69, 9.17) is 0 Å². The molecule has 1 rings (SSSR count). The van der Waals surface area contributed by atoms with Crippen LogP contribution < -0.4 is 0 Å². The molecule has 22 heavy (non-hydrogen) atoms. The van der Waals surface area contributed by atoms with Crippen molar-refractivity contribution in [2.24, 2.45) is 0 Å². The first kappa shape index (κ1) is 18.6. The normalized spacial score (nSPS) is 15.0. The maximum atomic E-state index is 12.8. The summed E-state index contributed by atoms with van der Waals surface area (Å²) in [6, 6.07) is -0.854. The minimum Gasteiger partial charge on any atom is -0.388 e. The third-order valence-electron chi connectivity index (χ3n) is 2.84. The Hall–Kier alpha value is -1.45. The monoisotopic (exact) mass is 340 g/mol. The molecule has 0 bridgehead atoms. The van der Waals surface area contributed by atoms with Gasteiger partial charge >= 0.3 is 18.5 Å². The molecule has 126 valence electrons. The van der Waals surface area contributed by atoms with Gasteiger partial charge in [0, 0.05) is 5.56 Å². The van der Waals surface area contributed by atoms with Crippen molar-refractivity contribution < 1.29 is 44.6 Å². The molecule has 0 amide bonds. The Morgan fingerprint density at radius 3 is 1.41 bits per heavy atom. The average molecular weight is 340 g/mol. The summed E-state index contributed by atoms with van der Waals surface area (Å²) in [6.45, 7) is 1.10. The lowest BCUT2D eigenvalue weighted by molar-refractivity contribution is -0.150. The van der Waals surface area contributed by atoms with Crippen LogP contribution in [-0.4, -0.2) is 5.11 Å². The SMILES string of the molecule is CCC(O)c1c(C(F)(F)F)cc(C(F)(F)F)cc1C(F)(F)F. The molecule has 0 aliphatic heterocycles. The highest BCUT2D eigenvalue weighted by atomic mass is 19.4. The van der Waals surface area contributed by atoms with E-state index in [-0.39, 0.29) is 0 Å². The lowest BCUT2D eigenvalue weighted by Gasteiger charge is -2.23. The minimum absolute atomic E-state index is 0.427. The topological polar surface area (TPSA) is 20.2 Å². The summed E-state index contributed by atoms with van der Waals surface area (Å²) in [5.74, 6) is 0. The summed E-state index contributed by atoms with van der Waals surface area (Å²) in [6.07, 6.45) is -19.1. The van der Waals surface area contributed by atoms with E-state index in [1.54, 1.807) is 0 Å². The molecule has 0 saturated carbocycles. The van der Waals surface area contributed by atoms with Crippen LogP contribution in [0.1, 0.15) is 41.7 Å². The standard InChI is InChI=1S/C12H9F9O/c1-2-8(22)9-6(11(16,17)18)3-5(10(13,14)15)4-7(9)12(19,20)21/h3-4,8,22H,2H2,1H3. The van der Waals surface area contributed by atoms with Crippen LogP contribution in [0.15, 0.2) is 12.1 Å². The van der Waals surface area contributed by atoms with E-state index >= 15 is 0 Å². The van der Waals surface area contributed by atoms with Gasteiger partial charge in [0.25, 0.3) is 0 Å². The molecule has 0 heterocycles. The summed E-state index contributed by atoms with van der Waals surface area (Å²) in [4.78, 5) is 0. The van der Waals surface area contributed by atoms with E-state index in [0.717, 1.165) is 6.92 Å². The molecule has 0 saturated heterocycles. The Kier molecular flexibility index (Phi) is 4.76. The highest BCUT2D eigenvalue weighted by Gasteiger charge is 2.45. The Morgan fingerprint density at radius 1 is 0.818 bits per heavy atom. The molecule has 1 aromatic carbocycles. The smallest absolute Gasteiger partial charge is 0.388 e. The highest BCUT2D eigenvalue weighted by molar-refractivity contribution is 5.44. The maximum Gasteiger partial charge on any atom is 0.416 e. The van der Waals surface area contributed by atoms with Gasteiger partial charge in [0.1, 0.15) is 0 Å². The lowest BCUT2D eigenvalue weighted by Crippen LogP contribution is -2.21. The molecule has 1 atom stereocenters. The first-order valence-corrected chi connectivity index (χ1v) is 5.77. The second kappa shape index (κ2) is 5.64. The first-order valence-electron chi connectivity index (χ1n) is 5.77. The third kappa shape index (κ3) is 3.84. The molecule has 0 spiro atoms. The number of hydrogen-bond acceptors (Lipinski definition) is 1. The Morgan fingerprint density at radius 2 is 1.18 bits per heavy atom. The van der Waals surface area contributed by atoms with Gasteiger partial charge in [-0.05, 0) is 18.6 Å². The van der Waals surface area contributed by atoms with Gasteiger partial charge in [0.15, 0.2) is 0 Å². The molecule has 0 radical (unpaired) electrons.